The lowest BCUT2D eigenvalue weighted by atomic mass is 10.1. The number of carbonyl (C=O) groups is 1. The topological polar surface area (TPSA) is 67.2 Å². The van der Waals surface area contributed by atoms with Crippen LogP contribution in [0.3, 0.4) is 0 Å². The van der Waals surface area contributed by atoms with E-state index in [4.69, 9.17) is 5.73 Å². The molecule has 4 heteroatoms. The van der Waals surface area contributed by atoms with Crippen molar-refractivity contribution in [2.45, 2.75) is 25.7 Å². The summed E-state index contributed by atoms with van der Waals surface area (Å²) in [6.45, 7) is 2.53. The molecule has 1 rings (SSSR count). The van der Waals surface area contributed by atoms with Gasteiger partial charge in [0.25, 0.3) is 0 Å². The lowest BCUT2D eigenvalue weighted by molar-refractivity contribution is 0.249. The van der Waals surface area contributed by atoms with E-state index in [1.54, 1.807) is 0 Å². The van der Waals surface area contributed by atoms with Crippen LogP contribution in [0.1, 0.15) is 25.7 Å². The van der Waals surface area contributed by atoms with Gasteiger partial charge in [-0.3, -0.25) is 0 Å². The number of carbonyl (C=O) groups excluding carboxylic acids is 1. The standard InChI is InChI=1S/C9H19N3O/c10-9(13)12-6-5-11-7-8-3-1-2-4-8/h8,11H,1-7H2,(H3,10,12,13). The van der Waals surface area contributed by atoms with Crippen molar-refractivity contribution < 1.29 is 4.79 Å². The van der Waals surface area contributed by atoms with Gasteiger partial charge in [-0.1, -0.05) is 12.8 Å². The zero-order chi connectivity index (χ0) is 9.52. The van der Waals surface area contributed by atoms with E-state index in [1.807, 2.05) is 0 Å². The fourth-order valence-electron chi connectivity index (χ4n) is 1.79. The number of urea groups is 1. The van der Waals surface area contributed by atoms with E-state index in [2.05, 4.69) is 10.6 Å². The Labute approximate surface area is 79.3 Å². The largest absolute Gasteiger partial charge is 0.352 e. The highest BCUT2D eigenvalue weighted by atomic mass is 16.2. The van der Waals surface area contributed by atoms with Gasteiger partial charge in [0, 0.05) is 13.1 Å². The third-order valence-electron chi connectivity index (χ3n) is 2.51. The summed E-state index contributed by atoms with van der Waals surface area (Å²) >= 11 is 0. The zero-order valence-corrected chi connectivity index (χ0v) is 8.01. The lowest BCUT2D eigenvalue weighted by Gasteiger charge is -2.10. The fraction of sp³-hybridized carbons (Fsp3) is 0.889. The number of hydrogen-bond donors (Lipinski definition) is 3. The Morgan fingerprint density at radius 3 is 2.62 bits per heavy atom. The van der Waals surface area contributed by atoms with Crippen molar-refractivity contribution in [1.29, 1.82) is 0 Å². The van der Waals surface area contributed by atoms with Crippen molar-refractivity contribution in [3.05, 3.63) is 0 Å². The van der Waals surface area contributed by atoms with Gasteiger partial charge >= 0.3 is 6.03 Å². The van der Waals surface area contributed by atoms with Crippen LogP contribution >= 0.6 is 0 Å². The molecule has 0 saturated heterocycles. The van der Waals surface area contributed by atoms with Crippen molar-refractivity contribution in [3.63, 3.8) is 0 Å². The maximum atomic E-state index is 10.3. The van der Waals surface area contributed by atoms with Crippen molar-refractivity contribution in [2.24, 2.45) is 11.7 Å². The zero-order valence-electron chi connectivity index (χ0n) is 8.01. The molecule has 2 amide bonds. The number of amides is 2. The van der Waals surface area contributed by atoms with Crippen LogP contribution in [0.25, 0.3) is 0 Å². The molecule has 0 heterocycles. The number of primary amides is 1. The molecule has 4 nitrogen and oxygen atoms in total. The van der Waals surface area contributed by atoms with E-state index >= 15 is 0 Å². The monoisotopic (exact) mass is 185 g/mol. The van der Waals surface area contributed by atoms with E-state index in [9.17, 15) is 4.79 Å². The van der Waals surface area contributed by atoms with Gasteiger partial charge in [-0.25, -0.2) is 4.79 Å². The molecule has 4 N–H and O–H groups in total. The molecule has 0 radical (unpaired) electrons. The Morgan fingerprint density at radius 1 is 1.31 bits per heavy atom. The fourth-order valence-corrected chi connectivity index (χ4v) is 1.79. The quantitative estimate of drug-likeness (QED) is 0.544. The summed E-state index contributed by atoms with van der Waals surface area (Å²) in [4.78, 5) is 10.3. The van der Waals surface area contributed by atoms with Crippen LogP contribution in [-0.2, 0) is 0 Å². The van der Waals surface area contributed by atoms with Gasteiger partial charge in [0.2, 0.25) is 0 Å². The molecule has 0 aromatic rings. The first-order valence-corrected chi connectivity index (χ1v) is 5.03. The summed E-state index contributed by atoms with van der Waals surface area (Å²) in [7, 11) is 0. The van der Waals surface area contributed by atoms with Crippen LogP contribution in [0.15, 0.2) is 0 Å². The number of nitrogens with one attached hydrogen (secondary N) is 2. The average molecular weight is 185 g/mol. The molecule has 0 aliphatic heterocycles. The van der Waals surface area contributed by atoms with E-state index in [1.165, 1.54) is 25.7 Å². The van der Waals surface area contributed by atoms with Crippen LogP contribution in [-0.4, -0.2) is 25.7 Å². The van der Waals surface area contributed by atoms with Gasteiger partial charge in [0.15, 0.2) is 0 Å². The average Bonchev–Trinajstić information content (AvgIpc) is 2.55. The highest BCUT2D eigenvalue weighted by Crippen LogP contribution is 2.23. The first kappa shape index (κ1) is 10.3. The van der Waals surface area contributed by atoms with Gasteiger partial charge in [-0.2, -0.15) is 0 Å². The van der Waals surface area contributed by atoms with Gasteiger partial charge in [0.1, 0.15) is 0 Å². The molecule has 0 aromatic carbocycles. The summed E-state index contributed by atoms with van der Waals surface area (Å²) in [5.41, 5.74) is 4.92. The normalized spacial score (nSPS) is 17.5. The summed E-state index contributed by atoms with van der Waals surface area (Å²) < 4.78 is 0. The molecular weight excluding hydrogens is 166 g/mol. The molecule has 1 fully saturated rings. The van der Waals surface area contributed by atoms with Gasteiger partial charge < -0.3 is 16.4 Å². The molecule has 1 aliphatic carbocycles. The lowest BCUT2D eigenvalue weighted by Crippen LogP contribution is -2.36. The Hall–Kier alpha value is -0.770. The maximum absolute atomic E-state index is 10.3. The van der Waals surface area contributed by atoms with Gasteiger partial charge in [-0.15, -0.1) is 0 Å². The third kappa shape index (κ3) is 4.72. The molecular formula is C9H19N3O. The maximum Gasteiger partial charge on any atom is 0.312 e. The van der Waals surface area contributed by atoms with Crippen LogP contribution in [0.4, 0.5) is 4.79 Å². The molecule has 0 aromatic heterocycles. The smallest absolute Gasteiger partial charge is 0.312 e. The first-order valence-electron chi connectivity index (χ1n) is 5.03. The van der Waals surface area contributed by atoms with Crippen LogP contribution in [0.2, 0.25) is 0 Å². The Morgan fingerprint density at radius 2 is 2.00 bits per heavy atom. The Balaban J connectivity index is 1.86. The predicted octanol–water partition coefficient (Wildman–Crippen LogP) is 0.434. The van der Waals surface area contributed by atoms with E-state index < -0.39 is 6.03 Å². The minimum absolute atomic E-state index is 0.442. The summed E-state index contributed by atoms with van der Waals surface area (Å²) in [6.07, 6.45) is 5.48. The van der Waals surface area contributed by atoms with Crippen LogP contribution in [0, 0.1) is 5.92 Å². The van der Waals surface area contributed by atoms with Crippen LogP contribution in [0.5, 0.6) is 0 Å². The highest BCUT2D eigenvalue weighted by molar-refractivity contribution is 5.71. The third-order valence-corrected chi connectivity index (χ3v) is 2.51. The van der Waals surface area contributed by atoms with Crippen molar-refractivity contribution in [3.8, 4) is 0 Å². The highest BCUT2D eigenvalue weighted by Gasteiger charge is 2.13. The molecule has 13 heavy (non-hydrogen) atoms. The number of rotatable bonds is 5. The van der Waals surface area contributed by atoms with Crippen LogP contribution < -0.4 is 16.4 Å². The summed E-state index contributed by atoms with van der Waals surface area (Å²) in [5, 5.41) is 5.86. The molecule has 0 bridgehead atoms. The Kier molecular flexibility index (Phi) is 4.60. The van der Waals surface area contributed by atoms with Crippen molar-refractivity contribution in [1.82, 2.24) is 10.6 Å². The van der Waals surface area contributed by atoms with E-state index in [0.717, 1.165) is 19.0 Å². The molecule has 76 valence electrons. The molecule has 0 atom stereocenters. The second-order valence-electron chi connectivity index (χ2n) is 3.65. The van der Waals surface area contributed by atoms with Crippen molar-refractivity contribution in [2.75, 3.05) is 19.6 Å². The van der Waals surface area contributed by atoms with Crippen molar-refractivity contribution >= 4 is 6.03 Å². The summed E-state index contributed by atoms with van der Waals surface area (Å²) in [6, 6.07) is -0.442. The summed E-state index contributed by atoms with van der Waals surface area (Å²) in [5.74, 6) is 0.855. The minimum Gasteiger partial charge on any atom is -0.352 e. The second kappa shape index (κ2) is 5.80. The van der Waals surface area contributed by atoms with E-state index in [-0.39, 0.29) is 0 Å². The van der Waals surface area contributed by atoms with E-state index in [0.29, 0.717) is 6.54 Å². The molecule has 1 saturated carbocycles. The Bertz CT molecular complexity index is 155. The molecule has 0 unspecified atom stereocenters. The second-order valence-corrected chi connectivity index (χ2v) is 3.65. The first-order chi connectivity index (χ1) is 6.29. The number of hydrogen-bond acceptors (Lipinski definition) is 2. The SMILES string of the molecule is NC(=O)NCCNCC1CCCC1. The molecule has 0 spiro atoms. The number of nitrogens with two attached hydrogens (primary N) is 1. The predicted molar refractivity (Wildman–Crippen MR) is 52.4 cm³/mol. The van der Waals surface area contributed by atoms with Gasteiger partial charge in [-0.05, 0) is 25.3 Å². The van der Waals surface area contributed by atoms with Gasteiger partial charge in [0.05, 0.1) is 0 Å². The minimum atomic E-state index is -0.442. The molecule has 1 aliphatic rings.